The fraction of sp³-hybridized carbons (Fsp3) is 1.00. The van der Waals surface area contributed by atoms with Crippen molar-refractivity contribution in [3.8, 4) is 0 Å². The second-order valence-corrected chi connectivity index (χ2v) is 7.78. The number of quaternary nitrogens is 1. The van der Waals surface area contributed by atoms with Crippen molar-refractivity contribution in [2.75, 3.05) is 39.7 Å². The molecule has 0 aliphatic carbocycles. The molecule has 2 N–H and O–H groups in total. The lowest BCUT2D eigenvalue weighted by molar-refractivity contribution is -0.870. The highest BCUT2D eigenvalue weighted by Crippen LogP contribution is 1.99. The maximum Gasteiger partial charge on any atom is 0.264 e. The molecular weight excluding hydrogens is 270 g/mol. The van der Waals surface area contributed by atoms with Gasteiger partial charge in [-0.25, -0.2) is 0 Å². The van der Waals surface area contributed by atoms with Crippen LogP contribution in [-0.2, 0) is 20.2 Å². The van der Waals surface area contributed by atoms with E-state index in [0.29, 0.717) is 12.7 Å². The van der Waals surface area contributed by atoms with Crippen molar-refractivity contribution in [3.05, 3.63) is 0 Å². The first-order chi connectivity index (χ1) is 7.21. The van der Waals surface area contributed by atoms with E-state index in [9.17, 15) is 16.8 Å². The Kier molecular flexibility index (Phi) is 8.18. The molecule has 7 nitrogen and oxygen atoms in total. The molecule has 0 radical (unpaired) electrons. The summed E-state index contributed by atoms with van der Waals surface area (Å²) in [4.78, 5) is 0. The zero-order valence-electron chi connectivity index (χ0n) is 10.6. The van der Waals surface area contributed by atoms with Crippen LogP contribution in [0.15, 0.2) is 0 Å². The van der Waals surface area contributed by atoms with Crippen molar-refractivity contribution in [1.82, 2.24) is 0 Å². The Hall–Kier alpha value is -0.220. The van der Waals surface area contributed by atoms with Gasteiger partial charge in [-0.05, 0) is 12.8 Å². The third-order valence-corrected chi connectivity index (χ3v) is 2.29. The summed E-state index contributed by atoms with van der Waals surface area (Å²) in [6.07, 6.45) is 2.07. The predicted octanol–water partition coefficient (Wildman–Crippen LogP) is -0.135. The summed E-state index contributed by atoms with van der Waals surface area (Å²) < 4.78 is 55.7. The predicted molar refractivity (Wildman–Crippen MR) is 66.0 cm³/mol. The van der Waals surface area contributed by atoms with Gasteiger partial charge in [0.05, 0.1) is 39.7 Å². The van der Waals surface area contributed by atoms with Gasteiger partial charge in [0.2, 0.25) is 0 Å². The minimum atomic E-state index is -3.75. The van der Waals surface area contributed by atoms with E-state index >= 15 is 0 Å². The van der Waals surface area contributed by atoms with Gasteiger partial charge in [0.15, 0.2) is 0 Å². The normalized spacial score (nSPS) is 12.8. The molecule has 0 aliphatic rings. The van der Waals surface area contributed by atoms with Gasteiger partial charge >= 0.3 is 0 Å². The summed E-state index contributed by atoms with van der Waals surface area (Å²) in [5.74, 6) is -0.118. The van der Waals surface area contributed by atoms with Gasteiger partial charge in [0.25, 0.3) is 20.2 Å². The van der Waals surface area contributed by atoms with Gasteiger partial charge in [-0.3, -0.25) is 9.11 Å². The molecule has 0 unspecified atom stereocenters. The Balaban J connectivity index is 0. The van der Waals surface area contributed by atoms with Gasteiger partial charge in [-0.1, -0.05) is 0 Å². The molecule has 0 aromatic heterocycles. The molecule has 0 saturated heterocycles. The second-order valence-electron chi connectivity index (χ2n) is 4.74. The highest BCUT2D eigenvalue weighted by molar-refractivity contribution is 7.85. The van der Waals surface area contributed by atoms with Crippen LogP contribution in [0.5, 0.6) is 0 Å². The molecule has 106 valence electrons. The number of unbranched alkanes of at least 4 members (excludes halogenated alkanes) is 1. The van der Waals surface area contributed by atoms with E-state index in [1.165, 1.54) is 0 Å². The molecule has 0 atom stereocenters. The van der Waals surface area contributed by atoms with Gasteiger partial charge in [-0.2, -0.15) is 16.8 Å². The fourth-order valence-corrected chi connectivity index (χ4v) is 1.44. The van der Waals surface area contributed by atoms with Crippen LogP contribution in [0.4, 0.5) is 0 Å². The quantitative estimate of drug-likeness (QED) is 0.415. The minimum Gasteiger partial charge on any atom is -0.331 e. The average molecular weight is 292 g/mol. The van der Waals surface area contributed by atoms with Crippen LogP contribution in [0.1, 0.15) is 12.8 Å². The van der Waals surface area contributed by atoms with Crippen LogP contribution in [0.25, 0.3) is 0 Å². The number of rotatable bonds is 5. The molecule has 0 rings (SSSR count). The van der Waals surface area contributed by atoms with E-state index in [4.69, 9.17) is 9.11 Å². The number of nitrogens with zero attached hydrogens (tertiary/aromatic N) is 1. The molecule has 0 aromatic rings. The van der Waals surface area contributed by atoms with Crippen molar-refractivity contribution in [1.29, 1.82) is 0 Å². The molecular formula is C8H22NO6S2+. The SMILES string of the molecule is CS(=O)(=O)O.C[N+](C)(C)CCCCS(=O)(=O)O. The summed E-state index contributed by atoms with van der Waals surface area (Å²) in [7, 11) is -1.27. The number of hydrogen-bond donors (Lipinski definition) is 2. The first-order valence-electron chi connectivity index (χ1n) is 4.89. The van der Waals surface area contributed by atoms with Gasteiger partial charge in [0.1, 0.15) is 0 Å². The van der Waals surface area contributed by atoms with Crippen LogP contribution in [0.2, 0.25) is 0 Å². The molecule has 0 amide bonds. The van der Waals surface area contributed by atoms with Crippen LogP contribution in [-0.4, -0.2) is 70.1 Å². The van der Waals surface area contributed by atoms with Crippen molar-refractivity contribution >= 4 is 20.2 Å². The Morgan fingerprint density at radius 3 is 1.53 bits per heavy atom. The maximum atomic E-state index is 10.3. The molecule has 0 heterocycles. The first-order valence-corrected chi connectivity index (χ1v) is 8.34. The summed E-state index contributed by atoms with van der Waals surface area (Å²) >= 11 is 0. The topological polar surface area (TPSA) is 109 Å². The molecule has 0 aliphatic heterocycles. The minimum absolute atomic E-state index is 0.118. The van der Waals surface area contributed by atoms with Crippen LogP contribution in [0.3, 0.4) is 0 Å². The zero-order valence-corrected chi connectivity index (χ0v) is 12.3. The van der Waals surface area contributed by atoms with E-state index in [1.54, 1.807) is 0 Å². The summed E-state index contributed by atoms with van der Waals surface area (Å²) in [6.45, 7) is 0.926. The summed E-state index contributed by atoms with van der Waals surface area (Å²) in [6, 6.07) is 0. The van der Waals surface area contributed by atoms with Crippen LogP contribution >= 0.6 is 0 Å². The molecule has 9 heteroatoms. The van der Waals surface area contributed by atoms with Crippen molar-refractivity contribution in [3.63, 3.8) is 0 Å². The Labute approximate surface area is 104 Å². The summed E-state index contributed by atoms with van der Waals surface area (Å²) in [5.41, 5.74) is 0. The van der Waals surface area contributed by atoms with Crippen molar-refractivity contribution in [2.45, 2.75) is 12.8 Å². The van der Waals surface area contributed by atoms with Crippen molar-refractivity contribution < 1.29 is 30.4 Å². The highest BCUT2D eigenvalue weighted by Gasteiger charge is 2.08. The Morgan fingerprint density at radius 2 is 1.29 bits per heavy atom. The molecule has 0 saturated carbocycles. The monoisotopic (exact) mass is 292 g/mol. The van der Waals surface area contributed by atoms with E-state index in [2.05, 4.69) is 0 Å². The van der Waals surface area contributed by atoms with E-state index in [1.807, 2.05) is 21.1 Å². The fourth-order valence-electron chi connectivity index (χ4n) is 0.871. The molecule has 0 bridgehead atoms. The number of hydrogen-bond acceptors (Lipinski definition) is 4. The third-order valence-electron chi connectivity index (χ3n) is 1.48. The van der Waals surface area contributed by atoms with E-state index in [0.717, 1.165) is 17.4 Å². The zero-order chi connectivity index (χ0) is 14.3. The van der Waals surface area contributed by atoms with Gasteiger partial charge < -0.3 is 4.48 Å². The highest BCUT2D eigenvalue weighted by atomic mass is 32.2. The standard InChI is InChI=1S/C7H17NO3S.CH4O3S/c1-8(2,3)6-4-5-7-12(9,10)11;1-5(2,3)4/h4-7H2,1-3H3;1H3,(H,2,3,4)/p+1. The molecule has 0 aromatic carbocycles. The maximum absolute atomic E-state index is 10.3. The third kappa shape index (κ3) is 38.9. The lowest BCUT2D eigenvalue weighted by Gasteiger charge is -2.23. The van der Waals surface area contributed by atoms with Crippen molar-refractivity contribution in [2.24, 2.45) is 0 Å². The Bertz CT molecular complexity index is 384. The largest absolute Gasteiger partial charge is 0.331 e. The summed E-state index contributed by atoms with van der Waals surface area (Å²) in [5, 5.41) is 0. The molecule has 0 fully saturated rings. The second kappa shape index (κ2) is 7.27. The molecule has 17 heavy (non-hydrogen) atoms. The van der Waals surface area contributed by atoms with Gasteiger partial charge in [0, 0.05) is 0 Å². The Morgan fingerprint density at radius 1 is 0.941 bits per heavy atom. The van der Waals surface area contributed by atoms with E-state index < -0.39 is 20.2 Å². The first kappa shape index (κ1) is 19.1. The smallest absolute Gasteiger partial charge is 0.264 e. The van der Waals surface area contributed by atoms with Crippen LogP contribution < -0.4 is 0 Å². The van der Waals surface area contributed by atoms with Crippen LogP contribution in [0, 0.1) is 0 Å². The van der Waals surface area contributed by atoms with Gasteiger partial charge in [-0.15, -0.1) is 0 Å². The van der Waals surface area contributed by atoms with E-state index in [-0.39, 0.29) is 5.75 Å². The lowest BCUT2D eigenvalue weighted by atomic mass is 10.3. The lowest BCUT2D eigenvalue weighted by Crippen LogP contribution is -2.35. The molecule has 0 spiro atoms. The average Bonchev–Trinajstić information content (AvgIpc) is 1.91.